The summed E-state index contributed by atoms with van der Waals surface area (Å²) in [4.78, 5) is 35.1. The van der Waals surface area contributed by atoms with Gasteiger partial charge >= 0.3 is 12.0 Å². The number of carboxylic acids is 1. The molecule has 0 aromatic heterocycles. The van der Waals surface area contributed by atoms with Crippen LogP contribution in [-0.4, -0.2) is 35.1 Å². The highest BCUT2D eigenvalue weighted by Crippen LogP contribution is 2.24. The van der Waals surface area contributed by atoms with Crippen molar-refractivity contribution in [2.75, 3.05) is 5.32 Å². The lowest BCUT2D eigenvalue weighted by Crippen LogP contribution is -2.38. The van der Waals surface area contributed by atoms with Crippen LogP contribution in [0.25, 0.3) is 0 Å². The summed E-state index contributed by atoms with van der Waals surface area (Å²) in [6, 6.07) is 6.42. The van der Waals surface area contributed by atoms with Crippen LogP contribution in [-0.2, 0) is 4.79 Å². The summed E-state index contributed by atoms with van der Waals surface area (Å²) in [7, 11) is 0. The topological polar surface area (TPSA) is 108 Å². The smallest absolute Gasteiger partial charge is 0.319 e. The molecule has 4 N–H and O–H groups in total. The second-order valence-electron chi connectivity index (χ2n) is 6.69. The van der Waals surface area contributed by atoms with E-state index in [0.29, 0.717) is 36.9 Å². The lowest BCUT2D eigenvalue weighted by atomic mass is 9.86. The number of nitrogens with one attached hydrogen (secondary N) is 3. The van der Waals surface area contributed by atoms with Crippen molar-refractivity contribution >= 4 is 23.6 Å². The number of aliphatic carboxylic acids is 1. The molecule has 25 heavy (non-hydrogen) atoms. The number of carbonyl (C=O) groups is 3. The fourth-order valence-corrected chi connectivity index (χ4v) is 2.92. The van der Waals surface area contributed by atoms with E-state index in [1.54, 1.807) is 24.3 Å². The van der Waals surface area contributed by atoms with E-state index in [0.717, 1.165) is 0 Å². The van der Waals surface area contributed by atoms with Crippen LogP contribution in [0.3, 0.4) is 0 Å². The Kier molecular flexibility index (Phi) is 6.38. The first-order valence-corrected chi connectivity index (χ1v) is 8.56. The molecule has 0 unspecified atom stereocenters. The molecule has 0 radical (unpaired) electrons. The first-order chi connectivity index (χ1) is 11.8. The Labute approximate surface area is 147 Å². The van der Waals surface area contributed by atoms with E-state index in [-0.39, 0.29) is 29.9 Å². The maximum atomic E-state index is 12.4. The summed E-state index contributed by atoms with van der Waals surface area (Å²) in [5, 5.41) is 17.4. The predicted octanol–water partition coefficient (Wildman–Crippen LogP) is 2.59. The van der Waals surface area contributed by atoms with Gasteiger partial charge in [-0.3, -0.25) is 9.59 Å². The van der Waals surface area contributed by atoms with Gasteiger partial charge in [0.1, 0.15) is 0 Å². The molecule has 136 valence electrons. The van der Waals surface area contributed by atoms with Crippen molar-refractivity contribution in [2.45, 2.75) is 51.6 Å². The Morgan fingerprint density at radius 2 is 1.80 bits per heavy atom. The predicted molar refractivity (Wildman–Crippen MR) is 94.6 cm³/mol. The third-order valence-corrected chi connectivity index (χ3v) is 4.21. The first-order valence-electron chi connectivity index (χ1n) is 8.56. The van der Waals surface area contributed by atoms with Gasteiger partial charge in [-0.2, -0.15) is 0 Å². The largest absolute Gasteiger partial charge is 0.481 e. The summed E-state index contributed by atoms with van der Waals surface area (Å²) >= 11 is 0. The molecule has 7 heteroatoms. The van der Waals surface area contributed by atoms with Gasteiger partial charge in [0.05, 0.1) is 5.92 Å². The molecule has 2 rings (SSSR count). The zero-order valence-electron chi connectivity index (χ0n) is 14.5. The minimum atomic E-state index is -0.761. The van der Waals surface area contributed by atoms with E-state index in [1.807, 2.05) is 13.8 Å². The van der Waals surface area contributed by atoms with Gasteiger partial charge in [0.2, 0.25) is 0 Å². The summed E-state index contributed by atoms with van der Waals surface area (Å²) in [6.07, 6.45) is 2.49. The maximum Gasteiger partial charge on any atom is 0.319 e. The van der Waals surface area contributed by atoms with Crippen molar-refractivity contribution < 1.29 is 19.5 Å². The highest BCUT2D eigenvalue weighted by atomic mass is 16.4. The Hall–Kier alpha value is -2.57. The first kappa shape index (κ1) is 18.8. The average Bonchev–Trinajstić information content (AvgIpc) is 2.54. The Morgan fingerprint density at radius 1 is 1.12 bits per heavy atom. The summed E-state index contributed by atoms with van der Waals surface area (Å²) in [6.45, 7) is 3.73. The summed E-state index contributed by atoms with van der Waals surface area (Å²) in [5.74, 6) is -1.28. The summed E-state index contributed by atoms with van der Waals surface area (Å²) < 4.78 is 0. The molecular weight excluding hydrogens is 322 g/mol. The number of benzene rings is 1. The van der Waals surface area contributed by atoms with E-state index >= 15 is 0 Å². The Morgan fingerprint density at radius 3 is 2.40 bits per heavy atom. The monoisotopic (exact) mass is 347 g/mol. The highest BCUT2D eigenvalue weighted by molar-refractivity contribution is 5.97. The van der Waals surface area contributed by atoms with Gasteiger partial charge in [-0.15, -0.1) is 0 Å². The second-order valence-corrected chi connectivity index (χ2v) is 6.69. The Bertz CT molecular complexity index is 637. The van der Waals surface area contributed by atoms with Gasteiger partial charge in [-0.1, -0.05) is 6.07 Å². The van der Waals surface area contributed by atoms with Crippen LogP contribution < -0.4 is 16.0 Å². The van der Waals surface area contributed by atoms with Crippen LogP contribution in [0, 0.1) is 5.92 Å². The zero-order chi connectivity index (χ0) is 18.4. The minimum absolute atomic E-state index is 0.0102. The van der Waals surface area contributed by atoms with Crippen LogP contribution in [0.4, 0.5) is 10.5 Å². The standard InChI is InChI=1S/C18H25N3O4/c1-11(2)19-18(25)21-15-5-3-4-13(10-15)16(22)20-14-8-6-12(7-9-14)17(23)24/h3-5,10-12,14H,6-9H2,1-2H3,(H,20,22)(H,23,24)(H2,19,21,25). The molecule has 0 bridgehead atoms. The lowest BCUT2D eigenvalue weighted by Gasteiger charge is -2.26. The number of hydrogen-bond acceptors (Lipinski definition) is 3. The van der Waals surface area contributed by atoms with Crippen LogP contribution in [0.2, 0.25) is 0 Å². The van der Waals surface area contributed by atoms with Gasteiger partial charge in [0, 0.05) is 23.3 Å². The average molecular weight is 347 g/mol. The van der Waals surface area contributed by atoms with Gasteiger partial charge in [-0.05, 0) is 57.7 Å². The molecule has 3 amide bonds. The van der Waals surface area contributed by atoms with Gasteiger partial charge in [-0.25, -0.2) is 4.79 Å². The molecule has 0 aliphatic heterocycles. The molecule has 1 aromatic carbocycles. The molecule has 1 aliphatic rings. The number of urea groups is 1. The van der Waals surface area contributed by atoms with Crippen LogP contribution in [0.15, 0.2) is 24.3 Å². The van der Waals surface area contributed by atoms with Crippen molar-refractivity contribution in [1.29, 1.82) is 0 Å². The lowest BCUT2D eigenvalue weighted by molar-refractivity contribution is -0.142. The quantitative estimate of drug-likeness (QED) is 0.656. The fourth-order valence-electron chi connectivity index (χ4n) is 2.92. The van der Waals surface area contributed by atoms with Crippen molar-refractivity contribution in [2.24, 2.45) is 5.92 Å². The second kappa shape index (κ2) is 8.50. The fraction of sp³-hybridized carbons (Fsp3) is 0.500. The molecule has 0 saturated heterocycles. The molecule has 0 spiro atoms. The molecule has 1 saturated carbocycles. The maximum absolute atomic E-state index is 12.4. The number of amides is 3. The number of anilines is 1. The van der Waals surface area contributed by atoms with E-state index in [1.165, 1.54) is 0 Å². The van der Waals surface area contributed by atoms with Crippen LogP contribution in [0.1, 0.15) is 49.9 Å². The molecule has 7 nitrogen and oxygen atoms in total. The molecular formula is C18H25N3O4. The van der Waals surface area contributed by atoms with Gasteiger partial charge in [0.25, 0.3) is 5.91 Å². The molecule has 1 aromatic rings. The molecule has 0 heterocycles. The molecule has 1 fully saturated rings. The molecule has 0 atom stereocenters. The van der Waals surface area contributed by atoms with E-state index < -0.39 is 5.97 Å². The third-order valence-electron chi connectivity index (χ3n) is 4.21. The number of rotatable bonds is 5. The van der Waals surface area contributed by atoms with Crippen molar-refractivity contribution in [3.63, 3.8) is 0 Å². The van der Waals surface area contributed by atoms with E-state index in [2.05, 4.69) is 16.0 Å². The Balaban J connectivity index is 1.91. The van der Waals surface area contributed by atoms with Crippen molar-refractivity contribution in [1.82, 2.24) is 10.6 Å². The molecule has 1 aliphatic carbocycles. The van der Waals surface area contributed by atoms with Crippen molar-refractivity contribution in [3.8, 4) is 0 Å². The number of carboxylic acid groups (broad SMARTS) is 1. The number of hydrogen-bond donors (Lipinski definition) is 4. The van der Waals surface area contributed by atoms with Crippen LogP contribution >= 0.6 is 0 Å². The van der Waals surface area contributed by atoms with Crippen LogP contribution in [0.5, 0.6) is 0 Å². The SMILES string of the molecule is CC(C)NC(=O)Nc1cccc(C(=O)NC2CCC(C(=O)O)CC2)c1. The third kappa shape index (κ3) is 5.77. The normalized spacial score (nSPS) is 20.0. The van der Waals surface area contributed by atoms with E-state index in [4.69, 9.17) is 5.11 Å². The van der Waals surface area contributed by atoms with E-state index in [9.17, 15) is 14.4 Å². The summed E-state index contributed by atoms with van der Waals surface area (Å²) in [5.41, 5.74) is 1.00. The van der Waals surface area contributed by atoms with Gasteiger partial charge < -0.3 is 21.1 Å². The highest BCUT2D eigenvalue weighted by Gasteiger charge is 2.26. The van der Waals surface area contributed by atoms with Crippen molar-refractivity contribution in [3.05, 3.63) is 29.8 Å². The van der Waals surface area contributed by atoms with Gasteiger partial charge in [0.15, 0.2) is 0 Å². The zero-order valence-corrected chi connectivity index (χ0v) is 14.5. The minimum Gasteiger partial charge on any atom is -0.481 e. The number of carbonyl (C=O) groups excluding carboxylic acids is 2.